The standard InChI is InChI=1S/C6H10O3/c1-6(8-2)3-4-9-5(6)7/h3-4H2,1-2H3. The zero-order chi connectivity index (χ0) is 6.91. The Morgan fingerprint density at radius 1 is 1.78 bits per heavy atom. The van der Waals surface area contributed by atoms with Gasteiger partial charge in [-0.15, -0.1) is 0 Å². The normalized spacial score (nSPS) is 34.7. The van der Waals surface area contributed by atoms with E-state index in [9.17, 15) is 4.79 Å². The van der Waals surface area contributed by atoms with E-state index >= 15 is 0 Å². The molecule has 1 aliphatic heterocycles. The zero-order valence-corrected chi connectivity index (χ0v) is 5.64. The number of carbonyl (C=O) groups excluding carboxylic acids is 1. The summed E-state index contributed by atoms with van der Waals surface area (Å²) in [7, 11) is 1.52. The highest BCUT2D eigenvalue weighted by Gasteiger charge is 2.39. The van der Waals surface area contributed by atoms with Crippen molar-refractivity contribution in [1.82, 2.24) is 0 Å². The van der Waals surface area contributed by atoms with Gasteiger partial charge < -0.3 is 9.47 Å². The monoisotopic (exact) mass is 130 g/mol. The lowest BCUT2D eigenvalue weighted by atomic mass is 10.1. The van der Waals surface area contributed by atoms with Gasteiger partial charge in [0.05, 0.1) is 6.61 Å². The minimum Gasteiger partial charge on any atom is -0.463 e. The molecule has 0 aromatic heterocycles. The number of hydrogen-bond acceptors (Lipinski definition) is 3. The van der Waals surface area contributed by atoms with Crippen LogP contribution >= 0.6 is 0 Å². The third kappa shape index (κ3) is 0.920. The van der Waals surface area contributed by atoms with Gasteiger partial charge in [0.25, 0.3) is 0 Å². The second-order valence-corrected chi connectivity index (χ2v) is 2.32. The molecule has 1 heterocycles. The van der Waals surface area contributed by atoms with Gasteiger partial charge in [0.15, 0.2) is 5.60 Å². The molecule has 1 rings (SSSR count). The Hall–Kier alpha value is -0.570. The fourth-order valence-corrected chi connectivity index (χ4v) is 0.779. The second-order valence-electron chi connectivity index (χ2n) is 2.32. The lowest BCUT2D eigenvalue weighted by Gasteiger charge is -2.15. The summed E-state index contributed by atoms with van der Waals surface area (Å²) < 4.78 is 9.63. The second kappa shape index (κ2) is 1.99. The molecule has 1 saturated heterocycles. The summed E-state index contributed by atoms with van der Waals surface area (Å²) in [6, 6.07) is 0. The quantitative estimate of drug-likeness (QED) is 0.480. The van der Waals surface area contributed by atoms with Crippen LogP contribution in [0.2, 0.25) is 0 Å². The molecule has 0 aliphatic carbocycles. The molecule has 0 aromatic rings. The Morgan fingerprint density at radius 3 is 2.67 bits per heavy atom. The molecule has 9 heavy (non-hydrogen) atoms. The van der Waals surface area contributed by atoms with E-state index in [1.807, 2.05) is 0 Å². The summed E-state index contributed by atoms with van der Waals surface area (Å²) in [5, 5.41) is 0. The number of ether oxygens (including phenoxy) is 2. The molecule has 0 aromatic carbocycles. The van der Waals surface area contributed by atoms with E-state index in [4.69, 9.17) is 9.47 Å². The predicted octanol–water partition coefficient (Wildman–Crippen LogP) is 0.338. The van der Waals surface area contributed by atoms with Crippen LogP contribution in [0.3, 0.4) is 0 Å². The van der Waals surface area contributed by atoms with Crippen LogP contribution in [0.5, 0.6) is 0 Å². The molecule has 3 nitrogen and oxygen atoms in total. The minimum absolute atomic E-state index is 0.245. The van der Waals surface area contributed by atoms with E-state index in [1.165, 1.54) is 7.11 Å². The number of hydrogen-bond donors (Lipinski definition) is 0. The Balaban J connectivity index is 2.67. The zero-order valence-electron chi connectivity index (χ0n) is 5.64. The van der Waals surface area contributed by atoms with Gasteiger partial charge in [0, 0.05) is 13.5 Å². The molecule has 1 fully saturated rings. The topological polar surface area (TPSA) is 35.5 Å². The van der Waals surface area contributed by atoms with Crippen LogP contribution in [-0.4, -0.2) is 25.3 Å². The maximum absolute atomic E-state index is 10.8. The van der Waals surface area contributed by atoms with E-state index in [0.29, 0.717) is 13.0 Å². The van der Waals surface area contributed by atoms with Crippen molar-refractivity contribution in [3.63, 3.8) is 0 Å². The summed E-state index contributed by atoms with van der Waals surface area (Å²) in [5.41, 5.74) is -0.667. The third-order valence-corrected chi connectivity index (χ3v) is 1.69. The predicted molar refractivity (Wildman–Crippen MR) is 31.0 cm³/mol. The molecule has 1 atom stereocenters. The van der Waals surface area contributed by atoms with Crippen LogP contribution in [0.25, 0.3) is 0 Å². The van der Waals surface area contributed by atoms with Gasteiger partial charge in [0.1, 0.15) is 0 Å². The number of esters is 1. The van der Waals surface area contributed by atoms with Crippen molar-refractivity contribution in [2.75, 3.05) is 13.7 Å². The molecule has 1 aliphatic rings. The number of rotatable bonds is 1. The van der Waals surface area contributed by atoms with Crippen LogP contribution in [0.15, 0.2) is 0 Å². The molecule has 0 N–H and O–H groups in total. The highest BCUT2D eigenvalue weighted by atomic mass is 16.6. The van der Waals surface area contributed by atoms with Crippen LogP contribution in [0.4, 0.5) is 0 Å². The van der Waals surface area contributed by atoms with Gasteiger partial charge in [-0.25, -0.2) is 4.79 Å². The van der Waals surface area contributed by atoms with E-state index in [0.717, 1.165) is 0 Å². The van der Waals surface area contributed by atoms with Crippen LogP contribution in [0, 0.1) is 0 Å². The van der Waals surface area contributed by atoms with E-state index in [1.54, 1.807) is 6.92 Å². The van der Waals surface area contributed by atoms with Crippen molar-refractivity contribution in [2.45, 2.75) is 18.9 Å². The largest absolute Gasteiger partial charge is 0.463 e. The first-order valence-corrected chi connectivity index (χ1v) is 2.91. The average Bonchev–Trinajstić information content (AvgIpc) is 2.15. The van der Waals surface area contributed by atoms with E-state index in [2.05, 4.69) is 0 Å². The molecule has 0 saturated carbocycles. The first-order valence-electron chi connectivity index (χ1n) is 2.91. The highest BCUT2D eigenvalue weighted by Crippen LogP contribution is 2.22. The van der Waals surface area contributed by atoms with Gasteiger partial charge in [0.2, 0.25) is 0 Å². The summed E-state index contributed by atoms with van der Waals surface area (Å²) in [4.78, 5) is 10.8. The summed E-state index contributed by atoms with van der Waals surface area (Å²) in [5.74, 6) is -0.245. The van der Waals surface area contributed by atoms with E-state index in [-0.39, 0.29) is 5.97 Å². The maximum atomic E-state index is 10.8. The molecule has 0 spiro atoms. The Bertz CT molecular complexity index is 132. The lowest BCUT2D eigenvalue weighted by molar-refractivity contribution is -0.154. The molecule has 0 amide bonds. The van der Waals surface area contributed by atoms with Gasteiger partial charge in [-0.2, -0.15) is 0 Å². The van der Waals surface area contributed by atoms with Crippen molar-refractivity contribution in [1.29, 1.82) is 0 Å². The fourth-order valence-electron chi connectivity index (χ4n) is 0.779. The van der Waals surface area contributed by atoms with Crippen LogP contribution < -0.4 is 0 Å². The number of cyclic esters (lactones) is 1. The fraction of sp³-hybridized carbons (Fsp3) is 0.833. The van der Waals surface area contributed by atoms with Gasteiger partial charge >= 0.3 is 5.97 Å². The number of methoxy groups -OCH3 is 1. The van der Waals surface area contributed by atoms with Crippen molar-refractivity contribution in [3.05, 3.63) is 0 Å². The van der Waals surface area contributed by atoms with Crippen LogP contribution in [-0.2, 0) is 14.3 Å². The van der Waals surface area contributed by atoms with Crippen molar-refractivity contribution >= 4 is 5.97 Å². The first-order chi connectivity index (χ1) is 4.19. The van der Waals surface area contributed by atoms with Crippen molar-refractivity contribution in [3.8, 4) is 0 Å². The van der Waals surface area contributed by atoms with Crippen molar-refractivity contribution in [2.24, 2.45) is 0 Å². The third-order valence-electron chi connectivity index (χ3n) is 1.69. The molecular formula is C6H10O3. The Labute approximate surface area is 53.9 Å². The summed E-state index contributed by atoms with van der Waals surface area (Å²) >= 11 is 0. The number of carbonyl (C=O) groups is 1. The maximum Gasteiger partial charge on any atom is 0.338 e. The lowest BCUT2D eigenvalue weighted by Crippen LogP contribution is -2.32. The molecule has 0 bridgehead atoms. The molecule has 3 heteroatoms. The Kier molecular flexibility index (Phi) is 1.45. The molecule has 52 valence electrons. The Morgan fingerprint density at radius 2 is 2.44 bits per heavy atom. The minimum atomic E-state index is -0.667. The van der Waals surface area contributed by atoms with Gasteiger partial charge in [-0.3, -0.25) is 0 Å². The summed E-state index contributed by atoms with van der Waals surface area (Å²) in [6.07, 6.45) is 0.669. The highest BCUT2D eigenvalue weighted by molar-refractivity contribution is 5.80. The molecule has 1 unspecified atom stereocenters. The smallest absolute Gasteiger partial charge is 0.338 e. The summed E-state index contributed by atoms with van der Waals surface area (Å²) in [6.45, 7) is 2.23. The van der Waals surface area contributed by atoms with Gasteiger partial charge in [-0.1, -0.05) is 0 Å². The van der Waals surface area contributed by atoms with Gasteiger partial charge in [-0.05, 0) is 6.92 Å². The van der Waals surface area contributed by atoms with Crippen LogP contribution in [0.1, 0.15) is 13.3 Å². The average molecular weight is 130 g/mol. The molecular weight excluding hydrogens is 120 g/mol. The first kappa shape index (κ1) is 6.55. The SMILES string of the molecule is COC1(C)CCOC1=O. The molecule has 0 radical (unpaired) electrons. The van der Waals surface area contributed by atoms with Crippen molar-refractivity contribution < 1.29 is 14.3 Å². The van der Waals surface area contributed by atoms with E-state index < -0.39 is 5.60 Å².